The zero-order chi connectivity index (χ0) is 32.1. The summed E-state index contributed by atoms with van der Waals surface area (Å²) < 4.78 is 5.96. The number of ether oxygens (including phenoxy) is 1. The minimum atomic E-state index is -0.674. The van der Waals surface area contributed by atoms with E-state index in [1.54, 1.807) is 23.8 Å². The van der Waals surface area contributed by atoms with Gasteiger partial charge in [0.25, 0.3) is 0 Å². The second-order valence-electron chi connectivity index (χ2n) is 13.6. The van der Waals surface area contributed by atoms with Gasteiger partial charge < -0.3 is 19.9 Å². The Bertz CT molecular complexity index is 1240. The van der Waals surface area contributed by atoms with Crippen molar-refractivity contribution in [3.63, 3.8) is 0 Å². The summed E-state index contributed by atoms with van der Waals surface area (Å²) in [6.45, 7) is 11.0. The van der Waals surface area contributed by atoms with Crippen LogP contribution in [-0.4, -0.2) is 89.7 Å². The van der Waals surface area contributed by atoms with Gasteiger partial charge in [-0.15, -0.1) is 0 Å². The number of hydrogen-bond acceptors (Lipinski definition) is 6. The highest BCUT2D eigenvalue weighted by Gasteiger charge is 2.39. The molecule has 2 heterocycles. The lowest BCUT2D eigenvalue weighted by molar-refractivity contribution is -0.157. The molecule has 3 amide bonds. The molecule has 9 heteroatoms. The number of aryl methyl sites for hydroxylation is 1. The zero-order valence-corrected chi connectivity index (χ0v) is 27.7. The van der Waals surface area contributed by atoms with E-state index in [-0.39, 0.29) is 53.7 Å². The predicted molar refractivity (Wildman–Crippen MR) is 171 cm³/mol. The third-order valence-electron chi connectivity index (χ3n) is 9.66. The number of carbonyl (C=O) groups excluding carboxylic acids is 4. The molecule has 9 nitrogen and oxygen atoms in total. The quantitative estimate of drug-likeness (QED) is 0.315. The second-order valence-corrected chi connectivity index (χ2v) is 13.6. The lowest BCUT2D eigenvalue weighted by Gasteiger charge is -2.36. The molecule has 4 rings (SSSR count). The maximum atomic E-state index is 13.8. The van der Waals surface area contributed by atoms with Crippen LogP contribution in [0.3, 0.4) is 0 Å². The molecule has 2 fully saturated rings. The average molecular weight is 609 g/mol. The molecule has 5 atom stereocenters. The largest absolute Gasteiger partial charge is 0.456 e. The number of rotatable bonds is 10. The number of benzene rings is 1. The predicted octanol–water partition coefficient (Wildman–Crippen LogP) is 4.26. The van der Waals surface area contributed by atoms with Gasteiger partial charge in [-0.05, 0) is 82.0 Å². The Morgan fingerprint density at radius 2 is 1.66 bits per heavy atom. The van der Waals surface area contributed by atoms with E-state index in [1.807, 2.05) is 59.0 Å². The fourth-order valence-corrected chi connectivity index (χ4v) is 6.96. The number of nitrogens with one attached hydrogen (secondary N) is 1. The normalized spacial score (nSPS) is 23.8. The molecule has 0 radical (unpaired) electrons. The molecule has 1 aromatic carbocycles. The Balaban J connectivity index is 1.44. The van der Waals surface area contributed by atoms with Crippen LogP contribution >= 0.6 is 0 Å². The topological polar surface area (TPSA) is 99.3 Å². The summed E-state index contributed by atoms with van der Waals surface area (Å²) in [4.78, 5) is 59.4. The molecule has 0 aromatic heterocycles. The summed E-state index contributed by atoms with van der Waals surface area (Å²) in [5, 5.41) is 3.05. The Hall–Kier alpha value is -3.20. The highest BCUT2D eigenvalue weighted by atomic mass is 16.5. The van der Waals surface area contributed by atoms with E-state index in [0.717, 1.165) is 50.6 Å². The van der Waals surface area contributed by atoms with E-state index in [1.165, 1.54) is 5.56 Å². The van der Waals surface area contributed by atoms with E-state index in [9.17, 15) is 19.2 Å². The number of esters is 1. The molecule has 0 spiro atoms. The van der Waals surface area contributed by atoms with Crippen LogP contribution in [0.4, 0.5) is 0 Å². The standard InChI is InChI=1S/C35H52N4O5/c1-22(2)29(38(7)34(42)31(23(3)4)36-32(40)27-15-10-11-19-37(27)6)21-24(5)33(41)39-20-12-16-28(39)35(43)44-30-18-17-25-13-8-9-14-26(25)30/h8-9,13-14,21-23,27-31H,10-12,15-20H2,1-7H3,(H,36,40)/b24-21+/t27?,28-,29+,30?,31-/m0/s1. The molecule has 3 aliphatic rings. The number of hydrogen-bond donors (Lipinski definition) is 1. The van der Waals surface area contributed by atoms with E-state index in [2.05, 4.69) is 16.3 Å². The molecule has 1 aliphatic carbocycles. The Morgan fingerprint density at radius 1 is 0.955 bits per heavy atom. The van der Waals surface area contributed by atoms with Crippen molar-refractivity contribution in [1.82, 2.24) is 20.0 Å². The number of carbonyl (C=O) groups is 4. The molecule has 0 bridgehead atoms. The Labute approximate surface area is 263 Å². The fourth-order valence-electron chi connectivity index (χ4n) is 6.96. The molecule has 1 aromatic rings. The number of likely N-dealkylation sites (N-methyl/N-ethyl adjacent to an activating group) is 2. The van der Waals surface area contributed by atoms with Crippen LogP contribution < -0.4 is 5.32 Å². The summed E-state index contributed by atoms with van der Waals surface area (Å²) in [6.07, 6.45) is 7.38. The van der Waals surface area contributed by atoms with Gasteiger partial charge in [-0.25, -0.2) is 4.79 Å². The highest BCUT2D eigenvalue weighted by molar-refractivity contribution is 5.96. The van der Waals surface area contributed by atoms with Crippen LogP contribution in [0.15, 0.2) is 35.9 Å². The van der Waals surface area contributed by atoms with Crippen molar-refractivity contribution < 1.29 is 23.9 Å². The van der Waals surface area contributed by atoms with Gasteiger partial charge >= 0.3 is 5.97 Å². The smallest absolute Gasteiger partial charge is 0.329 e. The van der Waals surface area contributed by atoms with Crippen LogP contribution in [-0.2, 0) is 30.3 Å². The Kier molecular flexibility index (Phi) is 11.3. The van der Waals surface area contributed by atoms with Gasteiger partial charge in [0.2, 0.25) is 17.7 Å². The molecule has 242 valence electrons. The van der Waals surface area contributed by atoms with Gasteiger partial charge in [0.1, 0.15) is 18.2 Å². The lowest BCUT2D eigenvalue weighted by Crippen LogP contribution is -2.57. The van der Waals surface area contributed by atoms with E-state index < -0.39 is 12.1 Å². The Morgan fingerprint density at radius 3 is 2.34 bits per heavy atom. The maximum absolute atomic E-state index is 13.8. The van der Waals surface area contributed by atoms with Gasteiger partial charge in [0.05, 0.1) is 12.1 Å². The van der Waals surface area contributed by atoms with Gasteiger partial charge in [-0.1, -0.05) is 64.5 Å². The zero-order valence-electron chi connectivity index (χ0n) is 27.7. The first-order chi connectivity index (χ1) is 20.9. The summed E-state index contributed by atoms with van der Waals surface area (Å²) in [6, 6.07) is 6.16. The van der Waals surface area contributed by atoms with E-state index in [0.29, 0.717) is 18.5 Å². The number of likely N-dealkylation sites (tertiary alicyclic amines) is 2. The summed E-state index contributed by atoms with van der Waals surface area (Å²) in [7, 11) is 3.70. The van der Waals surface area contributed by atoms with Crippen molar-refractivity contribution in [2.45, 2.75) is 110 Å². The van der Waals surface area contributed by atoms with Gasteiger partial charge in [-0.3, -0.25) is 19.3 Å². The number of nitrogens with zero attached hydrogens (tertiary/aromatic N) is 3. The SMILES string of the molecule is C/C(=C\[C@H](C(C)C)N(C)C(=O)[C@@H](NC(=O)C1CCCCN1C)C(C)C)C(=O)N1CCC[C@H]1C(=O)OC1CCc2ccccc21. The van der Waals surface area contributed by atoms with Crippen molar-refractivity contribution in [3.05, 3.63) is 47.0 Å². The minimum Gasteiger partial charge on any atom is -0.456 e. The molecule has 2 unspecified atom stereocenters. The molecule has 0 saturated carbocycles. The van der Waals surface area contributed by atoms with Crippen molar-refractivity contribution >= 4 is 23.7 Å². The number of amides is 3. The summed E-state index contributed by atoms with van der Waals surface area (Å²) >= 11 is 0. The van der Waals surface area contributed by atoms with Crippen LogP contribution in [0.2, 0.25) is 0 Å². The van der Waals surface area contributed by atoms with Crippen LogP contribution in [0.1, 0.15) is 90.4 Å². The molecular formula is C35H52N4O5. The van der Waals surface area contributed by atoms with Crippen molar-refractivity contribution in [2.75, 3.05) is 27.2 Å². The molecular weight excluding hydrogens is 556 g/mol. The highest BCUT2D eigenvalue weighted by Crippen LogP contribution is 2.35. The lowest BCUT2D eigenvalue weighted by atomic mass is 9.96. The third-order valence-corrected chi connectivity index (χ3v) is 9.66. The summed E-state index contributed by atoms with van der Waals surface area (Å²) in [5.74, 6) is -0.939. The molecule has 44 heavy (non-hydrogen) atoms. The maximum Gasteiger partial charge on any atom is 0.329 e. The number of fused-ring (bicyclic) bond motifs is 1. The van der Waals surface area contributed by atoms with Crippen LogP contribution in [0, 0.1) is 11.8 Å². The van der Waals surface area contributed by atoms with Crippen LogP contribution in [0.25, 0.3) is 0 Å². The second kappa shape index (κ2) is 14.7. The van der Waals surface area contributed by atoms with Gasteiger partial charge in [0, 0.05) is 19.2 Å². The fraction of sp³-hybridized carbons (Fsp3) is 0.657. The van der Waals surface area contributed by atoms with E-state index in [4.69, 9.17) is 4.74 Å². The van der Waals surface area contributed by atoms with E-state index >= 15 is 0 Å². The number of piperidine rings is 1. The van der Waals surface area contributed by atoms with Crippen molar-refractivity contribution in [1.29, 1.82) is 0 Å². The van der Waals surface area contributed by atoms with Crippen molar-refractivity contribution in [3.8, 4) is 0 Å². The minimum absolute atomic E-state index is 0.0152. The van der Waals surface area contributed by atoms with Crippen molar-refractivity contribution in [2.24, 2.45) is 11.8 Å². The first-order valence-electron chi connectivity index (χ1n) is 16.5. The first kappa shape index (κ1) is 33.7. The average Bonchev–Trinajstić information content (AvgIpc) is 3.65. The van der Waals surface area contributed by atoms with Gasteiger partial charge in [-0.2, -0.15) is 0 Å². The summed E-state index contributed by atoms with van der Waals surface area (Å²) in [5.41, 5.74) is 2.76. The molecule has 1 N–H and O–H groups in total. The monoisotopic (exact) mass is 608 g/mol. The van der Waals surface area contributed by atoms with Gasteiger partial charge in [0.15, 0.2) is 0 Å². The molecule has 2 saturated heterocycles. The van der Waals surface area contributed by atoms with Crippen LogP contribution in [0.5, 0.6) is 0 Å². The molecule has 2 aliphatic heterocycles. The third kappa shape index (κ3) is 7.53. The first-order valence-corrected chi connectivity index (χ1v) is 16.5.